The second-order valence-electron chi connectivity index (χ2n) is 7.60. The minimum atomic E-state index is -1.07. The summed E-state index contributed by atoms with van der Waals surface area (Å²) in [5.41, 5.74) is 7.98. The van der Waals surface area contributed by atoms with Crippen LogP contribution < -0.4 is 25.6 Å². The van der Waals surface area contributed by atoms with Crippen LogP contribution in [0.25, 0.3) is 11.2 Å². The van der Waals surface area contributed by atoms with E-state index < -0.39 is 12.1 Å². The van der Waals surface area contributed by atoms with Gasteiger partial charge in [0.1, 0.15) is 12.1 Å². The van der Waals surface area contributed by atoms with E-state index in [9.17, 15) is 14.7 Å². The number of nitrogens with zero attached hydrogens (tertiary/aromatic N) is 3. The van der Waals surface area contributed by atoms with Gasteiger partial charge >= 0.3 is 17.7 Å². The molecule has 0 radical (unpaired) electrons. The number of carboxylic acids is 1. The first-order valence-corrected chi connectivity index (χ1v) is 10.1. The maximum Gasteiger partial charge on any atom is 0.348 e. The van der Waals surface area contributed by atoms with Gasteiger partial charge in [-0.05, 0) is 42.9 Å². The Balaban J connectivity index is 1.62. The van der Waals surface area contributed by atoms with E-state index >= 15 is 0 Å². The predicted molar refractivity (Wildman–Crippen MR) is 109 cm³/mol. The first-order chi connectivity index (χ1) is 15.0. The van der Waals surface area contributed by atoms with Crippen molar-refractivity contribution in [2.75, 3.05) is 18.9 Å². The third-order valence-electron chi connectivity index (χ3n) is 5.41. The summed E-state index contributed by atoms with van der Waals surface area (Å²) < 4.78 is 18.5. The monoisotopic (exact) mass is 427 g/mol. The zero-order valence-electron chi connectivity index (χ0n) is 16.6. The number of nitrogen functional groups attached to an aromatic ring is 1. The van der Waals surface area contributed by atoms with E-state index in [1.165, 1.54) is 4.57 Å². The van der Waals surface area contributed by atoms with E-state index in [1.807, 2.05) is 6.07 Å². The van der Waals surface area contributed by atoms with Crippen LogP contribution in [0.5, 0.6) is 17.5 Å². The molecule has 1 atom stereocenters. The van der Waals surface area contributed by atoms with E-state index in [1.54, 1.807) is 6.07 Å². The number of carboxylic acid groups (broad SMARTS) is 1. The quantitative estimate of drug-likeness (QED) is 0.517. The van der Waals surface area contributed by atoms with Crippen molar-refractivity contribution in [2.24, 2.45) is 0 Å². The molecule has 11 nitrogen and oxygen atoms in total. The van der Waals surface area contributed by atoms with Crippen LogP contribution in [0.3, 0.4) is 0 Å². The van der Waals surface area contributed by atoms with Crippen LogP contribution in [0.4, 0.5) is 5.82 Å². The second kappa shape index (κ2) is 7.49. The van der Waals surface area contributed by atoms with Crippen molar-refractivity contribution >= 4 is 23.0 Å². The Morgan fingerprint density at radius 2 is 2.10 bits per heavy atom. The molecule has 31 heavy (non-hydrogen) atoms. The lowest BCUT2D eigenvalue weighted by molar-refractivity contribution is -0.147. The van der Waals surface area contributed by atoms with Crippen molar-refractivity contribution in [2.45, 2.75) is 38.3 Å². The molecule has 1 aromatic carbocycles. The van der Waals surface area contributed by atoms with Gasteiger partial charge in [0.05, 0.1) is 13.2 Å². The molecule has 4 bridgehead atoms. The third kappa shape index (κ3) is 3.51. The van der Waals surface area contributed by atoms with Crippen LogP contribution in [0.1, 0.15) is 30.4 Å². The molecule has 4 N–H and O–H groups in total. The Hall–Kier alpha value is -3.76. The standard InChI is InChI=1S/C20H21N5O6/c21-16-14-17-24-19(23-16)29-5-3-1-2-4-11-6-10(8-25(17)20(28)22-14)7-12-15(11)31-13(9-30-12)18(26)27/h6-7,13H,1-5,8-9H2,(H,22,28)(H,26,27)(H2,21,23,24). The number of aryl methyl sites for hydroxylation is 1. The number of aromatic nitrogens is 4. The van der Waals surface area contributed by atoms with Gasteiger partial charge in [0.25, 0.3) is 0 Å². The zero-order chi connectivity index (χ0) is 21.5. The number of hydrogen-bond donors (Lipinski definition) is 3. The molecule has 0 saturated heterocycles. The summed E-state index contributed by atoms with van der Waals surface area (Å²) in [6, 6.07) is 3.82. The SMILES string of the molecule is Nc1nc2nc3c1[nH]c(=O)n3Cc1cc(c3c(c1)OCC(C(=O)O)O3)CCCCCO2. The largest absolute Gasteiger partial charge is 0.485 e. The molecule has 0 spiro atoms. The minimum absolute atomic E-state index is 0.0806. The fourth-order valence-corrected chi connectivity index (χ4v) is 3.89. The lowest BCUT2D eigenvalue weighted by atomic mass is 10.0. The Morgan fingerprint density at radius 3 is 2.94 bits per heavy atom. The van der Waals surface area contributed by atoms with Gasteiger partial charge < -0.3 is 30.0 Å². The van der Waals surface area contributed by atoms with Crippen molar-refractivity contribution in [3.8, 4) is 17.5 Å². The Bertz CT molecular complexity index is 1230. The summed E-state index contributed by atoms with van der Waals surface area (Å²) in [6.45, 7) is 0.544. The summed E-state index contributed by atoms with van der Waals surface area (Å²) in [5, 5.41) is 9.30. The number of hydrogen-bond acceptors (Lipinski definition) is 8. The van der Waals surface area contributed by atoms with Crippen molar-refractivity contribution < 1.29 is 24.1 Å². The number of nitrogens with two attached hydrogens (primary N) is 1. The van der Waals surface area contributed by atoms with Crippen LogP contribution in [0.2, 0.25) is 0 Å². The first-order valence-electron chi connectivity index (χ1n) is 10.1. The van der Waals surface area contributed by atoms with Gasteiger partial charge in [-0.15, -0.1) is 0 Å². The third-order valence-corrected chi connectivity index (χ3v) is 5.41. The maximum absolute atomic E-state index is 12.6. The molecule has 0 aliphatic carbocycles. The van der Waals surface area contributed by atoms with Crippen molar-refractivity contribution in [1.82, 2.24) is 19.5 Å². The minimum Gasteiger partial charge on any atom is -0.485 e. The highest BCUT2D eigenvalue weighted by molar-refractivity contribution is 5.82. The highest BCUT2D eigenvalue weighted by Gasteiger charge is 2.29. The molecule has 2 aliphatic rings. The van der Waals surface area contributed by atoms with Gasteiger partial charge in [0.15, 0.2) is 23.0 Å². The van der Waals surface area contributed by atoms with Gasteiger partial charge in [-0.25, -0.2) is 9.59 Å². The number of aromatic amines is 1. The summed E-state index contributed by atoms with van der Waals surface area (Å²) in [5.74, 6) is -0.00192. The van der Waals surface area contributed by atoms with Crippen LogP contribution in [-0.2, 0) is 17.8 Å². The van der Waals surface area contributed by atoms with Gasteiger partial charge in [-0.1, -0.05) is 6.07 Å². The van der Waals surface area contributed by atoms with Gasteiger partial charge in [0, 0.05) is 0 Å². The summed E-state index contributed by atoms with van der Waals surface area (Å²) in [6.07, 6.45) is 2.13. The zero-order valence-corrected chi connectivity index (χ0v) is 16.6. The van der Waals surface area contributed by atoms with Gasteiger partial charge in [-0.2, -0.15) is 9.97 Å². The molecule has 0 amide bonds. The topological polar surface area (TPSA) is 155 Å². The van der Waals surface area contributed by atoms with E-state index in [2.05, 4.69) is 15.0 Å². The van der Waals surface area contributed by atoms with Gasteiger partial charge in [-0.3, -0.25) is 4.57 Å². The van der Waals surface area contributed by atoms with Gasteiger partial charge in [0.2, 0.25) is 6.10 Å². The van der Waals surface area contributed by atoms with E-state index in [-0.39, 0.29) is 30.7 Å². The fraction of sp³-hybridized carbons (Fsp3) is 0.400. The Morgan fingerprint density at radius 1 is 1.23 bits per heavy atom. The maximum atomic E-state index is 12.6. The lowest BCUT2D eigenvalue weighted by Crippen LogP contribution is -2.36. The molecule has 11 heteroatoms. The van der Waals surface area contributed by atoms with E-state index in [4.69, 9.17) is 19.9 Å². The number of rotatable bonds is 1. The molecule has 3 aromatic rings. The van der Waals surface area contributed by atoms with Crippen LogP contribution >= 0.6 is 0 Å². The predicted octanol–water partition coefficient (Wildman–Crippen LogP) is 1.08. The van der Waals surface area contributed by atoms with E-state index in [0.717, 1.165) is 30.4 Å². The normalized spacial score (nSPS) is 18.4. The lowest BCUT2D eigenvalue weighted by Gasteiger charge is -2.26. The Kier molecular flexibility index (Phi) is 4.64. The number of benzene rings is 1. The molecular formula is C20H21N5O6. The number of H-pyrrole nitrogens is 1. The Labute approximate surface area is 175 Å². The van der Waals surface area contributed by atoms with E-state index in [0.29, 0.717) is 35.7 Å². The molecule has 0 saturated carbocycles. The van der Waals surface area contributed by atoms with Crippen molar-refractivity contribution in [3.05, 3.63) is 33.7 Å². The summed E-state index contributed by atoms with van der Waals surface area (Å²) in [4.78, 5) is 35.2. The number of carbonyl (C=O) groups is 1. The van der Waals surface area contributed by atoms with Crippen molar-refractivity contribution in [3.63, 3.8) is 0 Å². The fourth-order valence-electron chi connectivity index (χ4n) is 3.89. The number of fused-ring (bicyclic) bond motifs is 5. The average Bonchev–Trinajstić information content (AvgIpc) is 3.05. The molecule has 5 rings (SSSR count). The molecule has 2 aromatic heterocycles. The highest BCUT2D eigenvalue weighted by atomic mass is 16.6. The molecule has 0 fully saturated rings. The van der Waals surface area contributed by atoms with Crippen LogP contribution in [0, 0.1) is 0 Å². The summed E-state index contributed by atoms with van der Waals surface area (Å²) in [7, 11) is 0. The highest BCUT2D eigenvalue weighted by Crippen LogP contribution is 2.38. The second-order valence-corrected chi connectivity index (χ2v) is 7.60. The number of ether oxygens (including phenoxy) is 3. The van der Waals surface area contributed by atoms with Crippen LogP contribution in [-0.4, -0.2) is 49.9 Å². The molecule has 2 aliphatic heterocycles. The number of imidazole rings is 1. The van der Waals surface area contributed by atoms with Crippen molar-refractivity contribution in [1.29, 1.82) is 0 Å². The smallest absolute Gasteiger partial charge is 0.348 e. The molecule has 4 heterocycles. The van der Waals surface area contributed by atoms with Crippen LogP contribution in [0.15, 0.2) is 16.9 Å². The number of aliphatic carboxylic acids is 1. The number of anilines is 1. The molecule has 162 valence electrons. The summed E-state index contributed by atoms with van der Waals surface area (Å²) >= 11 is 0. The first kappa shape index (κ1) is 19.2. The average molecular weight is 427 g/mol. The number of nitrogens with one attached hydrogen (secondary N) is 1. The molecule has 1 unspecified atom stereocenters. The molecular weight excluding hydrogens is 406 g/mol.